The number of anilines is 1. The second-order valence-electron chi connectivity index (χ2n) is 7.53. The molecule has 0 saturated heterocycles. The molecule has 2 amide bonds. The van der Waals surface area contributed by atoms with E-state index in [-0.39, 0.29) is 12.3 Å². The standard InChI is InChI=1S/C21H25N3O4S/c1-14(20(27)24(2)21(13-22)10-6-3-7-11-21)28-18(25)12-17-19(26)23-15-8-4-5-9-16(15)29-17/h4-5,8-9,14,17H,3,6-7,10-12H2,1-2H3,(H,23,26)/t14-,17-/m1/s1. The summed E-state index contributed by atoms with van der Waals surface area (Å²) in [5.74, 6) is -1.26. The minimum atomic E-state index is -1.01. The predicted molar refractivity (Wildman–Crippen MR) is 109 cm³/mol. The van der Waals surface area contributed by atoms with Crippen molar-refractivity contribution in [2.75, 3.05) is 12.4 Å². The summed E-state index contributed by atoms with van der Waals surface area (Å²) < 4.78 is 5.32. The molecule has 29 heavy (non-hydrogen) atoms. The highest BCUT2D eigenvalue weighted by Crippen LogP contribution is 2.37. The van der Waals surface area contributed by atoms with Gasteiger partial charge < -0.3 is 15.0 Å². The highest BCUT2D eigenvalue weighted by molar-refractivity contribution is 8.01. The van der Waals surface area contributed by atoms with Crippen molar-refractivity contribution >= 4 is 35.2 Å². The lowest BCUT2D eigenvalue weighted by Gasteiger charge is -2.39. The SMILES string of the molecule is C[C@@H](OC(=O)C[C@H]1Sc2ccccc2NC1=O)C(=O)N(C)C1(C#N)CCCCC1. The number of esters is 1. The molecule has 154 valence electrons. The molecule has 0 spiro atoms. The Bertz CT molecular complexity index is 845. The maximum atomic E-state index is 12.8. The van der Waals surface area contributed by atoms with Crippen LogP contribution in [0.1, 0.15) is 45.4 Å². The molecule has 1 aliphatic heterocycles. The number of rotatable bonds is 5. The third-order valence-electron chi connectivity index (χ3n) is 5.58. The molecule has 1 aromatic carbocycles. The molecule has 3 rings (SSSR count). The zero-order valence-corrected chi connectivity index (χ0v) is 17.5. The fourth-order valence-electron chi connectivity index (χ4n) is 3.82. The number of fused-ring (bicyclic) bond motifs is 1. The average Bonchev–Trinajstić information content (AvgIpc) is 2.73. The molecule has 2 atom stereocenters. The fourth-order valence-corrected chi connectivity index (χ4v) is 4.91. The summed E-state index contributed by atoms with van der Waals surface area (Å²) >= 11 is 1.31. The van der Waals surface area contributed by atoms with E-state index in [1.807, 2.05) is 24.3 Å². The summed E-state index contributed by atoms with van der Waals surface area (Å²) in [6.45, 7) is 1.51. The van der Waals surface area contributed by atoms with Crippen LogP contribution in [0.2, 0.25) is 0 Å². The zero-order chi connectivity index (χ0) is 21.0. The van der Waals surface area contributed by atoms with Crippen molar-refractivity contribution in [1.82, 2.24) is 4.90 Å². The van der Waals surface area contributed by atoms with Crippen LogP contribution in [-0.2, 0) is 19.1 Å². The minimum absolute atomic E-state index is 0.129. The lowest BCUT2D eigenvalue weighted by molar-refractivity contribution is -0.161. The van der Waals surface area contributed by atoms with Gasteiger partial charge in [0.15, 0.2) is 6.10 Å². The molecule has 1 heterocycles. The zero-order valence-electron chi connectivity index (χ0n) is 16.6. The number of benzene rings is 1. The second kappa shape index (κ2) is 8.87. The molecular weight excluding hydrogens is 390 g/mol. The number of likely N-dealkylation sites (N-methyl/N-ethyl adjacent to an activating group) is 1. The Morgan fingerprint density at radius 2 is 2.03 bits per heavy atom. The summed E-state index contributed by atoms with van der Waals surface area (Å²) in [5.41, 5.74) is -0.106. The molecule has 2 aliphatic rings. The van der Waals surface area contributed by atoms with Crippen LogP contribution in [0.3, 0.4) is 0 Å². The highest BCUT2D eigenvalue weighted by Gasteiger charge is 2.41. The summed E-state index contributed by atoms with van der Waals surface area (Å²) in [6, 6.07) is 9.68. The maximum Gasteiger partial charge on any atom is 0.308 e. The van der Waals surface area contributed by atoms with Gasteiger partial charge in [-0.05, 0) is 31.9 Å². The lowest BCUT2D eigenvalue weighted by Crippen LogP contribution is -2.53. The van der Waals surface area contributed by atoms with Gasteiger partial charge in [-0.25, -0.2) is 0 Å². The van der Waals surface area contributed by atoms with Crippen molar-refractivity contribution in [2.45, 2.75) is 67.2 Å². The Hall–Kier alpha value is -2.53. The predicted octanol–water partition coefficient (Wildman–Crippen LogP) is 3.11. The van der Waals surface area contributed by atoms with Crippen molar-refractivity contribution in [3.05, 3.63) is 24.3 Å². The number of para-hydroxylation sites is 1. The fraction of sp³-hybridized carbons (Fsp3) is 0.524. The summed E-state index contributed by atoms with van der Waals surface area (Å²) in [6.07, 6.45) is 2.97. The van der Waals surface area contributed by atoms with Crippen LogP contribution in [0.4, 0.5) is 5.69 Å². The van der Waals surface area contributed by atoms with Gasteiger partial charge in [0.2, 0.25) is 5.91 Å². The molecule has 0 bridgehead atoms. The van der Waals surface area contributed by atoms with E-state index < -0.39 is 28.8 Å². The number of nitrogens with one attached hydrogen (secondary N) is 1. The van der Waals surface area contributed by atoms with Crippen molar-refractivity contribution in [3.8, 4) is 6.07 Å². The molecular formula is C21H25N3O4S. The van der Waals surface area contributed by atoms with Crippen LogP contribution in [0.15, 0.2) is 29.2 Å². The van der Waals surface area contributed by atoms with Crippen LogP contribution < -0.4 is 5.32 Å². The van der Waals surface area contributed by atoms with Gasteiger partial charge in [-0.1, -0.05) is 31.4 Å². The molecule has 1 aromatic rings. The highest BCUT2D eigenvalue weighted by atomic mass is 32.2. The first kappa shape index (κ1) is 21.2. The van der Waals surface area contributed by atoms with Gasteiger partial charge in [0.05, 0.1) is 23.4 Å². The van der Waals surface area contributed by atoms with E-state index in [1.54, 1.807) is 7.05 Å². The van der Waals surface area contributed by atoms with Gasteiger partial charge in [0, 0.05) is 11.9 Å². The minimum Gasteiger partial charge on any atom is -0.452 e. The Balaban J connectivity index is 1.58. The molecule has 8 heteroatoms. The summed E-state index contributed by atoms with van der Waals surface area (Å²) in [5, 5.41) is 11.8. The van der Waals surface area contributed by atoms with Gasteiger partial charge in [-0.2, -0.15) is 5.26 Å². The number of carbonyl (C=O) groups excluding carboxylic acids is 3. The number of carbonyl (C=O) groups is 3. The first-order valence-corrected chi connectivity index (χ1v) is 10.7. The van der Waals surface area contributed by atoms with E-state index in [4.69, 9.17) is 4.74 Å². The van der Waals surface area contributed by atoms with Crippen LogP contribution >= 0.6 is 11.8 Å². The Morgan fingerprint density at radius 1 is 1.34 bits per heavy atom. The van der Waals surface area contributed by atoms with E-state index in [9.17, 15) is 19.6 Å². The first-order valence-electron chi connectivity index (χ1n) is 9.81. The van der Waals surface area contributed by atoms with E-state index in [2.05, 4.69) is 11.4 Å². The van der Waals surface area contributed by atoms with E-state index in [0.717, 1.165) is 29.8 Å². The Morgan fingerprint density at radius 3 is 2.72 bits per heavy atom. The van der Waals surface area contributed by atoms with Crippen LogP contribution in [-0.4, -0.2) is 46.6 Å². The molecule has 0 radical (unpaired) electrons. The number of amides is 2. The van der Waals surface area contributed by atoms with Crippen molar-refractivity contribution in [1.29, 1.82) is 5.26 Å². The van der Waals surface area contributed by atoms with Crippen molar-refractivity contribution in [3.63, 3.8) is 0 Å². The summed E-state index contributed by atoms with van der Waals surface area (Å²) in [7, 11) is 1.60. The number of nitriles is 1. The molecule has 1 aliphatic carbocycles. The second-order valence-corrected chi connectivity index (χ2v) is 8.77. The van der Waals surface area contributed by atoms with E-state index >= 15 is 0 Å². The topological polar surface area (TPSA) is 99.5 Å². The van der Waals surface area contributed by atoms with Crippen LogP contribution in [0, 0.1) is 11.3 Å². The quantitative estimate of drug-likeness (QED) is 0.742. The van der Waals surface area contributed by atoms with Crippen molar-refractivity contribution < 1.29 is 19.1 Å². The average molecular weight is 416 g/mol. The van der Waals surface area contributed by atoms with Crippen LogP contribution in [0.25, 0.3) is 0 Å². The third kappa shape index (κ3) is 4.56. The monoisotopic (exact) mass is 415 g/mol. The molecule has 0 unspecified atom stereocenters. The molecule has 1 saturated carbocycles. The van der Waals surface area contributed by atoms with Crippen LogP contribution in [0.5, 0.6) is 0 Å². The maximum absolute atomic E-state index is 12.8. The number of ether oxygens (including phenoxy) is 1. The lowest BCUT2D eigenvalue weighted by atomic mass is 9.81. The van der Waals surface area contributed by atoms with Gasteiger partial charge in [0.25, 0.3) is 5.91 Å². The normalized spacial score (nSPS) is 21.1. The molecule has 1 fully saturated rings. The Kier molecular flexibility index (Phi) is 6.48. The number of nitrogens with zero attached hydrogens (tertiary/aromatic N) is 2. The largest absolute Gasteiger partial charge is 0.452 e. The van der Waals surface area contributed by atoms with Gasteiger partial charge in [-0.15, -0.1) is 11.8 Å². The first-order chi connectivity index (χ1) is 13.9. The van der Waals surface area contributed by atoms with Gasteiger partial charge >= 0.3 is 5.97 Å². The smallest absolute Gasteiger partial charge is 0.308 e. The van der Waals surface area contributed by atoms with E-state index in [1.165, 1.54) is 23.6 Å². The molecule has 0 aromatic heterocycles. The Labute approximate surface area is 174 Å². The molecule has 1 N–H and O–H groups in total. The molecule has 7 nitrogen and oxygen atoms in total. The number of thioether (sulfide) groups is 1. The van der Waals surface area contributed by atoms with E-state index in [0.29, 0.717) is 12.8 Å². The van der Waals surface area contributed by atoms with Gasteiger partial charge in [-0.3, -0.25) is 14.4 Å². The summed E-state index contributed by atoms with van der Waals surface area (Å²) in [4.78, 5) is 39.7. The number of hydrogen-bond donors (Lipinski definition) is 1. The number of hydrogen-bond acceptors (Lipinski definition) is 6. The third-order valence-corrected chi connectivity index (χ3v) is 6.85. The van der Waals surface area contributed by atoms with Crippen molar-refractivity contribution in [2.24, 2.45) is 0 Å². The van der Waals surface area contributed by atoms with Gasteiger partial charge in [0.1, 0.15) is 5.54 Å².